The van der Waals surface area contributed by atoms with Gasteiger partial charge in [0.15, 0.2) is 0 Å². The third-order valence-corrected chi connectivity index (χ3v) is 1.19. The highest BCUT2D eigenvalue weighted by atomic mass is 16.4. The summed E-state index contributed by atoms with van der Waals surface area (Å²) >= 11 is 0. The van der Waals surface area contributed by atoms with Crippen LogP contribution in [0.3, 0.4) is 0 Å². The van der Waals surface area contributed by atoms with Crippen LogP contribution in [0.15, 0.2) is 5.16 Å². The standard InChI is InChI=1S/C6H16N4O/c1-2-8-4-3-5-9-6(7)10-11/h8,11H,2-5H2,1H3,(H3,7,9,10). The van der Waals surface area contributed by atoms with Crippen LogP contribution in [0.1, 0.15) is 13.3 Å². The highest BCUT2D eigenvalue weighted by Crippen LogP contribution is 1.71. The van der Waals surface area contributed by atoms with Gasteiger partial charge >= 0.3 is 0 Å². The smallest absolute Gasteiger partial charge is 0.230 e. The van der Waals surface area contributed by atoms with Crippen molar-refractivity contribution in [3.8, 4) is 0 Å². The molecule has 0 aromatic carbocycles. The van der Waals surface area contributed by atoms with Crippen molar-refractivity contribution in [1.82, 2.24) is 10.6 Å². The van der Waals surface area contributed by atoms with Crippen LogP contribution in [0.2, 0.25) is 0 Å². The summed E-state index contributed by atoms with van der Waals surface area (Å²) in [6.07, 6.45) is 0.962. The molecule has 0 aliphatic rings. The quantitative estimate of drug-likeness (QED) is 0.141. The van der Waals surface area contributed by atoms with Gasteiger partial charge in [-0.15, -0.1) is 0 Å². The molecule has 0 rings (SSSR count). The van der Waals surface area contributed by atoms with Gasteiger partial charge in [-0.05, 0) is 19.5 Å². The molecular weight excluding hydrogens is 144 g/mol. The topological polar surface area (TPSA) is 82.7 Å². The van der Waals surface area contributed by atoms with Crippen LogP contribution >= 0.6 is 0 Å². The molecule has 0 amide bonds. The van der Waals surface area contributed by atoms with E-state index < -0.39 is 0 Å². The molecule has 5 heteroatoms. The molecule has 0 bridgehead atoms. The lowest BCUT2D eigenvalue weighted by Gasteiger charge is -2.03. The summed E-state index contributed by atoms with van der Waals surface area (Å²) in [5, 5.41) is 16.8. The van der Waals surface area contributed by atoms with E-state index in [1.54, 1.807) is 0 Å². The summed E-state index contributed by atoms with van der Waals surface area (Å²) in [6, 6.07) is 0. The normalized spacial score (nSPS) is 11.5. The Morgan fingerprint density at radius 1 is 1.55 bits per heavy atom. The highest BCUT2D eigenvalue weighted by Gasteiger charge is 1.89. The van der Waals surface area contributed by atoms with E-state index in [4.69, 9.17) is 10.9 Å². The first kappa shape index (κ1) is 10.0. The molecular formula is C6H16N4O. The van der Waals surface area contributed by atoms with Gasteiger partial charge in [0.2, 0.25) is 5.96 Å². The summed E-state index contributed by atoms with van der Waals surface area (Å²) in [7, 11) is 0. The summed E-state index contributed by atoms with van der Waals surface area (Å²) in [5.41, 5.74) is 5.16. The van der Waals surface area contributed by atoms with Gasteiger partial charge in [0, 0.05) is 6.54 Å². The molecule has 0 saturated heterocycles. The molecule has 0 unspecified atom stereocenters. The maximum Gasteiger partial charge on any atom is 0.230 e. The second-order valence-corrected chi connectivity index (χ2v) is 2.12. The van der Waals surface area contributed by atoms with Gasteiger partial charge in [0.1, 0.15) is 0 Å². The molecule has 0 aromatic rings. The number of hydrogen-bond donors (Lipinski definition) is 4. The van der Waals surface area contributed by atoms with Crippen molar-refractivity contribution in [3.63, 3.8) is 0 Å². The number of nitrogens with two attached hydrogens (primary N) is 1. The Labute approximate surface area is 66.6 Å². The van der Waals surface area contributed by atoms with Crippen LogP contribution in [-0.2, 0) is 0 Å². The number of rotatable bonds is 5. The van der Waals surface area contributed by atoms with E-state index in [2.05, 4.69) is 22.7 Å². The first-order valence-corrected chi connectivity index (χ1v) is 3.73. The average Bonchev–Trinajstić information content (AvgIpc) is 2.04. The maximum absolute atomic E-state index is 8.12. The van der Waals surface area contributed by atoms with E-state index in [0.717, 1.165) is 26.1 Å². The third kappa shape index (κ3) is 6.92. The van der Waals surface area contributed by atoms with Crippen molar-refractivity contribution in [2.75, 3.05) is 19.6 Å². The lowest BCUT2D eigenvalue weighted by Crippen LogP contribution is -2.33. The van der Waals surface area contributed by atoms with Gasteiger partial charge in [-0.25, -0.2) is 0 Å². The van der Waals surface area contributed by atoms with E-state index >= 15 is 0 Å². The fourth-order valence-corrected chi connectivity index (χ4v) is 0.642. The zero-order valence-corrected chi connectivity index (χ0v) is 6.80. The minimum absolute atomic E-state index is 0.0708. The summed E-state index contributed by atoms with van der Waals surface area (Å²) in [4.78, 5) is 0. The third-order valence-electron chi connectivity index (χ3n) is 1.19. The van der Waals surface area contributed by atoms with Crippen molar-refractivity contribution in [3.05, 3.63) is 0 Å². The largest absolute Gasteiger partial charge is 0.408 e. The molecule has 0 spiro atoms. The minimum Gasteiger partial charge on any atom is -0.408 e. The Morgan fingerprint density at radius 2 is 2.27 bits per heavy atom. The summed E-state index contributed by atoms with van der Waals surface area (Å²) in [5.74, 6) is 0.0708. The fraction of sp³-hybridized carbons (Fsp3) is 0.833. The van der Waals surface area contributed by atoms with Crippen LogP contribution in [0.25, 0.3) is 0 Å². The van der Waals surface area contributed by atoms with Gasteiger partial charge in [0.25, 0.3) is 0 Å². The molecule has 0 fully saturated rings. The molecule has 0 saturated carbocycles. The number of hydrogen-bond acceptors (Lipinski definition) is 3. The van der Waals surface area contributed by atoms with Gasteiger partial charge in [-0.2, -0.15) is 0 Å². The van der Waals surface area contributed by atoms with Gasteiger partial charge in [0.05, 0.1) is 0 Å². The molecule has 0 radical (unpaired) electrons. The molecule has 66 valence electrons. The Bertz CT molecular complexity index is 115. The van der Waals surface area contributed by atoms with E-state index in [-0.39, 0.29) is 5.96 Å². The Hall–Kier alpha value is -0.970. The Balaban J connectivity index is 3.02. The average molecular weight is 160 g/mol. The first-order valence-electron chi connectivity index (χ1n) is 3.73. The highest BCUT2D eigenvalue weighted by molar-refractivity contribution is 5.76. The molecule has 0 heterocycles. The molecule has 0 aliphatic carbocycles. The first-order chi connectivity index (χ1) is 5.31. The fourth-order valence-electron chi connectivity index (χ4n) is 0.642. The van der Waals surface area contributed by atoms with Crippen molar-refractivity contribution >= 4 is 5.96 Å². The molecule has 0 atom stereocenters. The van der Waals surface area contributed by atoms with Crippen molar-refractivity contribution < 1.29 is 5.21 Å². The van der Waals surface area contributed by atoms with Gasteiger partial charge in [-0.3, -0.25) is 0 Å². The maximum atomic E-state index is 8.12. The van der Waals surface area contributed by atoms with E-state index in [0.29, 0.717) is 0 Å². The lowest BCUT2D eigenvalue weighted by atomic mass is 10.4. The molecule has 11 heavy (non-hydrogen) atoms. The zero-order valence-electron chi connectivity index (χ0n) is 6.80. The van der Waals surface area contributed by atoms with Crippen molar-refractivity contribution in [2.45, 2.75) is 13.3 Å². The summed E-state index contributed by atoms with van der Waals surface area (Å²) < 4.78 is 0. The zero-order chi connectivity index (χ0) is 8.53. The minimum atomic E-state index is 0.0708. The van der Waals surface area contributed by atoms with Crippen LogP contribution < -0.4 is 16.4 Å². The van der Waals surface area contributed by atoms with Crippen molar-refractivity contribution in [2.24, 2.45) is 10.9 Å². The van der Waals surface area contributed by atoms with Crippen LogP contribution in [0.4, 0.5) is 0 Å². The van der Waals surface area contributed by atoms with E-state index in [1.165, 1.54) is 0 Å². The van der Waals surface area contributed by atoms with Crippen LogP contribution in [0.5, 0.6) is 0 Å². The SMILES string of the molecule is CCNCCCN/C(N)=N\O. The number of nitrogens with one attached hydrogen (secondary N) is 2. The van der Waals surface area contributed by atoms with Gasteiger partial charge in [-0.1, -0.05) is 12.1 Å². The monoisotopic (exact) mass is 160 g/mol. The number of nitrogens with zero attached hydrogens (tertiary/aromatic N) is 1. The Kier molecular flexibility index (Phi) is 6.51. The predicted molar refractivity (Wildman–Crippen MR) is 44.6 cm³/mol. The molecule has 5 N–H and O–H groups in total. The lowest BCUT2D eigenvalue weighted by molar-refractivity contribution is 0.315. The Morgan fingerprint density at radius 3 is 2.82 bits per heavy atom. The second kappa shape index (κ2) is 7.14. The van der Waals surface area contributed by atoms with Crippen molar-refractivity contribution in [1.29, 1.82) is 0 Å². The van der Waals surface area contributed by atoms with Crippen LogP contribution in [0, 0.1) is 0 Å². The molecule has 5 nitrogen and oxygen atoms in total. The van der Waals surface area contributed by atoms with Crippen LogP contribution in [-0.4, -0.2) is 30.8 Å². The van der Waals surface area contributed by atoms with E-state index in [9.17, 15) is 0 Å². The second-order valence-electron chi connectivity index (χ2n) is 2.12. The van der Waals surface area contributed by atoms with Gasteiger partial charge < -0.3 is 21.6 Å². The molecule has 0 aromatic heterocycles. The van der Waals surface area contributed by atoms with E-state index in [1.807, 2.05) is 0 Å². The number of oxime groups is 1. The number of guanidine groups is 1. The predicted octanol–water partition coefficient (Wildman–Crippen LogP) is -0.720. The molecule has 0 aliphatic heterocycles. The summed E-state index contributed by atoms with van der Waals surface area (Å²) in [6.45, 7) is 4.70.